The zero-order chi connectivity index (χ0) is 15.5. The normalized spacial score (nSPS) is 12.1. The second kappa shape index (κ2) is 10.7. The zero-order valence-corrected chi connectivity index (χ0v) is 13.7. The fourth-order valence-corrected chi connectivity index (χ4v) is 2.44. The van der Waals surface area contributed by atoms with E-state index < -0.39 is 0 Å². The summed E-state index contributed by atoms with van der Waals surface area (Å²) in [6.45, 7) is 2.43. The quantitative estimate of drug-likeness (QED) is 0.531. The number of carbonyl (C=O) groups excluding carboxylic acids is 1. The van der Waals surface area contributed by atoms with Crippen molar-refractivity contribution in [2.45, 2.75) is 18.1 Å². The summed E-state index contributed by atoms with van der Waals surface area (Å²) in [4.78, 5) is 14.3. The Morgan fingerprint density at radius 2 is 1.81 bits per heavy atom. The van der Waals surface area contributed by atoms with E-state index >= 15 is 0 Å². The van der Waals surface area contributed by atoms with Crippen molar-refractivity contribution in [3.05, 3.63) is 35.9 Å². The van der Waals surface area contributed by atoms with E-state index in [2.05, 4.69) is 12.6 Å². The zero-order valence-electron chi connectivity index (χ0n) is 12.8. The minimum absolute atomic E-state index is 0.0512. The summed E-state index contributed by atoms with van der Waals surface area (Å²) in [5, 5.41) is -0.327. The average Bonchev–Trinajstić information content (AvgIpc) is 2.51. The van der Waals surface area contributed by atoms with Gasteiger partial charge in [0.1, 0.15) is 0 Å². The Balaban J connectivity index is 2.55. The summed E-state index contributed by atoms with van der Waals surface area (Å²) in [5.74, 6) is 0.0512. The van der Waals surface area contributed by atoms with E-state index in [1.807, 2.05) is 35.2 Å². The van der Waals surface area contributed by atoms with Crippen LogP contribution in [0.1, 0.15) is 12.0 Å². The van der Waals surface area contributed by atoms with Crippen molar-refractivity contribution in [3.8, 4) is 0 Å². The first-order chi connectivity index (χ1) is 10.2. The molecule has 118 valence electrons. The van der Waals surface area contributed by atoms with Gasteiger partial charge in [0, 0.05) is 33.9 Å². The van der Waals surface area contributed by atoms with Gasteiger partial charge >= 0.3 is 0 Å². The molecule has 1 amide bonds. The summed E-state index contributed by atoms with van der Waals surface area (Å²) in [6.07, 6.45) is 1.45. The van der Waals surface area contributed by atoms with E-state index in [1.165, 1.54) is 0 Å². The van der Waals surface area contributed by atoms with Crippen molar-refractivity contribution in [3.63, 3.8) is 0 Å². The Kier molecular flexibility index (Phi) is 9.14. The van der Waals surface area contributed by atoms with Crippen molar-refractivity contribution in [1.29, 1.82) is 0 Å². The van der Waals surface area contributed by atoms with Crippen LogP contribution in [0.5, 0.6) is 0 Å². The van der Waals surface area contributed by atoms with E-state index in [4.69, 9.17) is 9.47 Å². The Bertz CT molecular complexity index is 400. The van der Waals surface area contributed by atoms with Crippen LogP contribution in [0.4, 0.5) is 0 Å². The maximum Gasteiger partial charge on any atom is 0.235 e. The van der Waals surface area contributed by atoms with Gasteiger partial charge in [-0.3, -0.25) is 4.79 Å². The molecular weight excluding hydrogens is 286 g/mol. The fraction of sp³-hybridized carbons (Fsp3) is 0.562. The summed E-state index contributed by atoms with van der Waals surface area (Å²) >= 11 is 4.48. The summed E-state index contributed by atoms with van der Waals surface area (Å²) in [6, 6.07) is 9.94. The standard InChI is InChI=1S/C16H25NO3S/c1-19-11-6-9-17(10-12-20-2)16(18)15(21)13-14-7-4-3-5-8-14/h3-5,7-8,15,21H,6,9-13H2,1-2H3. The molecule has 1 unspecified atom stereocenters. The van der Waals surface area contributed by atoms with Crippen LogP contribution in [0.3, 0.4) is 0 Å². The number of thiol groups is 1. The Morgan fingerprint density at radius 1 is 1.14 bits per heavy atom. The van der Waals surface area contributed by atoms with Crippen LogP contribution in [0.15, 0.2) is 30.3 Å². The molecule has 1 aromatic carbocycles. The van der Waals surface area contributed by atoms with Gasteiger partial charge in [0.25, 0.3) is 0 Å². The first-order valence-electron chi connectivity index (χ1n) is 7.17. The van der Waals surface area contributed by atoms with Crippen molar-refractivity contribution in [1.82, 2.24) is 4.90 Å². The largest absolute Gasteiger partial charge is 0.385 e. The van der Waals surface area contributed by atoms with Crippen LogP contribution >= 0.6 is 12.6 Å². The first kappa shape index (κ1) is 18.0. The highest BCUT2D eigenvalue weighted by Crippen LogP contribution is 2.11. The number of hydrogen-bond donors (Lipinski definition) is 1. The lowest BCUT2D eigenvalue weighted by Gasteiger charge is -2.25. The number of rotatable bonds is 10. The Labute approximate surface area is 132 Å². The molecule has 0 spiro atoms. The average molecular weight is 311 g/mol. The molecule has 1 atom stereocenters. The molecule has 0 saturated carbocycles. The number of ether oxygens (including phenoxy) is 2. The second-order valence-electron chi connectivity index (χ2n) is 4.87. The van der Waals surface area contributed by atoms with Crippen LogP contribution in [-0.2, 0) is 20.7 Å². The second-order valence-corrected chi connectivity index (χ2v) is 5.49. The third-order valence-electron chi connectivity index (χ3n) is 3.21. The number of methoxy groups -OCH3 is 2. The first-order valence-corrected chi connectivity index (χ1v) is 7.69. The van der Waals surface area contributed by atoms with E-state index in [0.29, 0.717) is 32.7 Å². The van der Waals surface area contributed by atoms with Crippen molar-refractivity contribution >= 4 is 18.5 Å². The van der Waals surface area contributed by atoms with Gasteiger partial charge in [0.2, 0.25) is 5.91 Å². The van der Waals surface area contributed by atoms with E-state index in [1.54, 1.807) is 14.2 Å². The van der Waals surface area contributed by atoms with Gasteiger partial charge < -0.3 is 14.4 Å². The van der Waals surface area contributed by atoms with Crippen LogP contribution < -0.4 is 0 Å². The molecule has 4 nitrogen and oxygen atoms in total. The van der Waals surface area contributed by atoms with Crippen LogP contribution in [0.2, 0.25) is 0 Å². The number of hydrogen-bond acceptors (Lipinski definition) is 4. The molecule has 0 aromatic heterocycles. The van der Waals surface area contributed by atoms with Gasteiger partial charge in [-0.05, 0) is 18.4 Å². The predicted molar refractivity (Wildman–Crippen MR) is 87.9 cm³/mol. The molecule has 0 saturated heterocycles. The highest BCUT2D eigenvalue weighted by atomic mass is 32.1. The van der Waals surface area contributed by atoms with Crippen molar-refractivity contribution < 1.29 is 14.3 Å². The van der Waals surface area contributed by atoms with Gasteiger partial charge in [-0.25, -0.2) is 0 Å². The van der Waals surface area contributed by atoms with E-state index in [9.17, 15) is 4.79 Å². The molecule has 0 aliphatic heterocycles. The highest BCUT2D eigenvalue weighted by molar-refractivity contribution is 7.81. The van der Waals surface area contributed by atoms with Crippen LogP contribution in [0.25, 0.3) is 0 Å². The van der Waals surface area contributed by atoms with Gasteiger partial charge in [0.15, 0.2) is 0 Å². The lowest BCUT2D eigenvalue weighted by Crippen LogP contribution is -2.40. The number of amides is 1. The molecular formula is C16H25NO3S. The third-order valence-corrected chi connectivity index (χ3v) is 3.61. The Morgan fingerprint density at radius 3 is 2.43 bits per heavy atom. The smallest absolute Gasteiger partial charge is 0.235 e. The van der Waals surface area contributed by atoms with Crippen molar-refractivity contribution in [2.75, 3.05) is 40.5 Å². The molecule has 1 aromatic rings. The van der Waals surface area contributed by atoms with E-state index in [0.717, 1.165) is 12.0 Å². The molecule has 1 rings (SSSR count). The van der Waals surface area contributed by atoms with Crippen molar-refractivity contribution in [2.24, 2.45) is 0 Å². The van der Waals surface area contributed by atoms with Gasteiger partial charge in [-0.2, -0.15) is 12.6 Å². The molecule has 0 aliphatic carbocycles. The summed E-state index contributed by atoms with van der Waals surface area (Å²) in [7, 11) is 3.30. The number of benzene rings is 1. The minimum atomic E-state index is -0.327. The minimum Gasteiger partial charge on any atom is -0.385 e. The molecule has 21 heavy (non-hydrogen) atoms. The fourth-order valence-electron chi connectivity index (χ4n) is 2.07. The highest BCUT2D eigenvalue weighted by Gasteiger charge is 2.21. The molecule has 5 heteroatoms. The molecule has 0 fully saturated rings. The molecule has 0 bridgehead atoms. The topological polar surface area (TPSA) is 38.8 Å². The van der Waals surface area contributed by atoms with E-state index in [-0.39, 0.29) is 11.2 Å². The lowest BCUT2D eigenvalue weighted by atomic mass is 10.1. The maximum absolute atomic E-state index is 12.5. The van der Waals surface area contributed by atoms with Crippen LogP contribution in [0, 0.1) is 0 Å². The molecule has 0 N–H and O–H groups in total. The molecule has 0 radical (unpaired) electrons. The molecule has 0 aliphatic rings. The van der Waals surface area contributed by atoms with Gasteiger partial charge in [0.05, 0.1) is 11.9 Å². The number of nitrogens with zero attached hydrogens (tertiary/aromatic N) is 1. The lowest BCUT2D eigenvalue weighted by molar-refractivity contribution is -0.131. The third kappa shape index (κ3) is 6.98. The number of carbonyl (C=O) groups is 1. The van der Waals surface area contributed by atoms with Gasteiger partial charge in [-0.15, -0.1) is 0 Å². The predicted octanol–water partition coefficient (Wildman–Crippen LogP) is 2.04. The Hall–Kier alpha value is -1.04. The summed E-state index contributed by atoms with van der Waals surface area (Å²) < 4.78 is 10.1. The monoisotopic (exact) mass is 311 g/mol. The van der Waals surface area contributed by atoms with Crippen LogP contribution in [-0.4, -0.2) is 56.6 Å². The maximum atomic E-state index is 12.5. The van der Waals surface area contributed by atoms with Gasteiger partial charge in [-0.1, -0.05) is 30.3 Å². The SMILES string of the molecule is COCCCN(CCOC)C(=O)C(S)Cc1ccccc1. The molecule has 0 heterocycles. The summed E-state index contributed by atoms with van der Waals surface area (Å²) in [5.41, 5.74) is 1.12.